The van der Waals surface area contributed by atoms with E-state index < -0.39 is 0 Å². The van der Waals surface area contributed by atoms with E-state index in [4.69, 9.17) is 4.74 Å². The summed E-state index contributed by atoms with van der Waals surface area (Å²) in [6.07, 6.45) is 0. The van der Waals surface area contributed by atoms with Crippen molar-refractivity contribution >= 4 is 11.8 Å². The molecule has 0 radical (unpaired) electrons. The van der Waals surface area contributed by atoms with Crippen LogP contribution in [0.25, 0.3) is 0 Å². The van der Waals surface area contributed by atoms with Gasteiger partial charge in [-0.15, -0.1) is 0 Å². The Morgan fingerprint density at radius 3 is 2.20 bits per heavy atom. The smallest absolute Gasteiger partial charge is 0.260 e. The van der Waals surface area contributed by atoms with E-state index in [1.54, 1.807) is 9.80 Å². The highest BCUT2D eigenvalue weighted by Crippen LogP contribution is 2.11. The maximum atomic E-state index is 12.7. The first-order valence-electron chi connectivity index (χ1n) is 6.48. The van der Waals surface area contributed by atoms with Crippen LogP contribution in [0.5, 0.6) is 5.75 Å². The lowest BCUT2D eigenvalue weighted by Gasteiger charge is -2.34. The molecule has 1 aromatic carbocycles. The summed E-state index contributed by atoms with van der Waals surface area (Å²) in [5.74, 6) is 0.0170. The number of carbonyl (C=O) groups is 2. The van der Waals surface area contributed by atoms with Gasteiger partial charge >= 0.3 is 0 Å². The van der Waals surface area contributed by atoms with Crippen molar-refractivity contribution in [3.8, 4) is 5.75 Å². The summed E-state index contributed by atoms with van der Waals surface area (Å²) in [4.78, 5) is 26.5. The minimum absolute atomic E-state index is 0.0275. The number of hydrogen-bond donors (Lipinski definition) is 0. The number of piperazine rings is 1. The third-order valence-corrected chi connectivity index (χ3v) is 3.25. The number of halogens is 1. The van der Waals surface area contributed by atoms with Crippen LogP contribution in [0.1, 0.15) is 6.92 Å². The molecule has 1 aliphatic heterocycles. The predicted molar refractivity (Wildman–Crippen MR) is 70.7 cm³/mol. The number of ether oxygens (including phenoxy) is 1. The van der Waals surface area contributed by atoms with Gasteiger partial charge in [-0.25, -0.2) is 4.39 Å². The molecule has 108 valence electrons. The summed E-state index contributed by atoms with van der Waals surface area (Å²) in [6, 6.07) is 5.53. The van der Waals surface area contributed by atoms with Gasteiger partial charge in [0.05, 0.1) is 0 Å². The lowest BCUT2D eigenvalue weighted by atomic mass is 10.3. The predicted octanol–water partition coefficient (Wildman–Crippen LogP) is 0.895. The molecule has 0 unspecified atom stereocenters. The molecule has 0 atom stereocenters. The molecule has 1 heterocycles. The molecule has 2 amide bonds. The summed E-state index contributed by atoms with van der Waals surface area (Å²) in [6.45, 7) is 3.59. The summed E-state index contributed by atoms with van der Waals surface area (Å²) in [7, 11) is 0. The average Bonchev–Trinajstić information content (AvgIpc) is 2.46. The number of amides is 2. The van der Waals surface area contributed by atoms with Crippen LogP contribution < -0.4 is 4.74 Å². The zero-order valence-corrected chi connectivity index (χ0v) is 11.3. The van der Waals surface area contributed by atoms with Crippen molar-refractivity contribution in [2.45, 2.75) is 6.92 Å². The molecule has 1 aliphatic rings. The number of nitrogens with zero attached hydrogens (tertiary/aromatic N) is 2. The van der Waals surface area contributed by atoms with Crippen LogP contribution in [0.4, 0.5) is 4.39 Å². The van der Waals surface area contributed by atoms with Gasteiger partial charge in [0.1, 0.15) is 11.6 Å². The van der Waals surface area contributed by atoms with Crippen molar-refractivity contribution in [3.63, 3.8) is 0 Å². The molecule has 0 bridgehead atoms. The van der Waals surface area contributed by atoms with E-state index in [2.05, 4.69) is 0 Å². The zero-order valence-electron chi connectivity index (χ0n) is 11.3. The van der Waals surface area contributed by atoms with E-state index in [0.29, 0.717) is 31.9 Å². The number of rotatable bonds is 3. The topological polar surface area (TPSA) is 49.9 Å². The van der Waals surface area contributed by atoms with E-state index in [-0.39, 0.29) is 24.2 Å². The first-order chi connectivity index (χ1) is 9.56. The van der Waals surface area contributed by atoms with E-state index in [0.717, 1.165) is 0 Å². The van der Waals surface area contributed by atoms with Crippen molar-refractivity contribution in [2.75, 3.05) is 32.8 Å². The van der Waals surface area contributed by atoms with E-state index in [9.17, 15) is 14.0 Å². The second-order valence-corrected chi connectivity index (χ2v) is 4.63. The second-order valence-electron chi connectivity index (χ2n) is 4.63. The van der Waals surface area contributed by atoms with Gasteiger partial charge in [-0.05, 0) is 24.3 Å². The molecule has 5 nitrogen and oxygen atoms in total. The van der Waals surface area contributed by atoms with E-state index >= 15 is 0 Å². The van der Waals surface area contributed by atoms with Crippen LogP contribution in [-0.4, -0.2) is 54.4 Å². The molecule has 0 aliphatic carbocycles. The fourth-order valence-corrected chi connectivity index (χ4v) is 2.04. The van der Waals surface area contributed by atoms with Crippen molar-refractivity contribution in [3.05, 3.63) is 30.1 Å². The minimum Gasteiger partial charge on any atom is -0.484 e. The molecule has 6 heteroatoms. The van der Waals surface area contributed by atoms with E-state index in [1.165, 1.54) is 31.2 Å². The Bertz CT molecular complexity index is 482. The molecule has 2 rings (SSSR count). The van der Waals surface area contributed by atoms with Crippen LogP contribution in [-0.2, 0) is 9.59 Å². The summed E-state index contributed by atoms with van der Waals surface area (Å²) >= 11 is 0. The highest BCUT2D eigenvalue weighted by molar-refractivity contribution is 5.78. The Hall–Kier alpha value is -2.11. The van der Waals surface area contributed by atoms with Gasteiger partial charge in [-0.2, -0.15) is 0 Å². The van der Waals surface area contributed by atoms with Crippen LogP contribution in [0.15, 0.2) is 24.3 Å². The largest absolute Gasteiger partial charge is 0.484 e. The van der Waals surface area contributed by atoms with Crippen molar-refractivity contribution in [1.29, 1.82) is 0 Å². The molecule has 0 saturated carbocycles. The molecule has 20 heavy (non-hydrogen) atoms. The van der Waals surface area contributed by atoms with Crippen LogP contribution in [0, 0.1) is 5.82 Å². The molecule has 1 saturated heterocycles. The second kappa shape index (κ2) is 6.36. The number of carbonyl (C=O) groups excluding carboxylic acids is 2. The molecule has 0 aromatic heterocycles. The molecular formula is C14H17FN2O3. The quantitative estimate of drug-likeness (QED) is 0.826. The van der Waals surface area contributed by atoms with Crippen molar-refractivity contribution < 1.29 is 18.7 Å². The van der Waals surface area contributed by atoms with Crippen molar-refractivity contribution in [2.24, 2.45) is 0 Å². The third-order valence-electron chi connectivity index (χ3n) is 3.25. The van der Waals surface area contributed by atoms with Gasteiger partial charge in [0.25, 0.3) is 5.91 Å². The Kier molecular flexibility index (Phi) is 4.55. The average molecular weight is 280 g/mol. The van der Waals surface area contributed by atoms with Crippen LogP contribution >= 0.6 is 0 Å². The maximum absolute atomic E-state index is 12.7. The molecule has 1 aromatic rings. The number of benzene rings is 1. The Balaban J connectivity index is 1.78. The fraction of sp³-hybridized carbons (Fsp3) is 0.429. The van der Waals surface area contributed by atoms with Gasteiger partial charge < -0.3 is 14.5 Å². The Morgan fingerprint density at radius 2 is 1.65 bits per heavy atom. The highest BCUT2D eigenvalue weighted by Gasteiger charge is 2.22. The maximum Gasteiger partial charge on any atom is 0.260 e. The van der Waals surface area contributed by atoms with Crippen LogP contribution in [0.2, 0.25) is 0 Å². The van der Waals surface area contributed by atoms with Gasteiger partial charge in [0, 0.05) is 33.1 Å². The Labute approximate surface area is 116 Å². The molecular weight excluding hydrogens is 263 g/mol. The SMILES string of the molecule is CC(=O)N1CCN(C(=O)COc2ccc(F)cc2)CC1. The normalized spacial score (nSPS) is 15.1. The zero-order chi connectivity index (χ0) is 14.5. The van der Waals surface area contributed by atoms with Gasteiger partial charge in [-0.3, -0.25) is 9.59 Å². The van der Waals surface area contributed by atoms with Gasteiger partial charge in [-0.1, -0.05) is 0 Å². The minimum atomic E-state index is -0.343. The van der Waals surface area contributed by atoms with Gasteiger partial charge in [0.2, 0.25) is 5.91 Å². The number of hydrogen-bond acceptors (Lipinski definition) is 3. The van der Waals surface area contributed by atoms with Crippen LogP contribution in [0.3, 0.4) is 0 Å². The monoisotopic (exact) mass is 280 g/mol. The molecule has 0 N–H and O–H groups in total. The summed E-state index contributed by atoms with van der Waals surface area (Å²) < 4.78 is 18.0. The van der Waals surface area contributed by atoms with Gasteiger partial charge in [0.15, 0.2) is 6.61 Å². The summed E-state index contributed by atoms with van der Waals surface area (Å²) in [5.41, 5.74) is 0. The fourth-order valence-electron chi connectivity index (χ4n) is 2.04. The van der Waals surface area contributed by atoms with E-state index in [1.807, 2.05) is 0 Å². The third kappa shape index (κ3) is 3.69. The molecule has 0 spiro atoms. The molecule has 1 fully saturated rings. The summed E-state index contributed by atoms with van der Waals surface area (Å²) in [5, 5.41) is 0. The van der Waals surface area contributed by atoms with Crippen molar-refractivity contribution in [1.82, 2.24) is 9.80 Å². The lowest BCUT2D eigenvalue weighted by molar-refractivity contribution is -0.139. The first kappa shape index (κ1) is 14.3. The Morgan fingerprint density at radius 1 is 1.10 bits per heavy atom. The highest BCUT2D eigenvalue weighted by atomic mass is 19.1. The lowest BCUT2D eigenvalue weighted by Crippen LogP contribution is -2.51. The standard InChI is InChI=1S/C14H17FN2O3/c1-11(18)16-6-8-17(9-7-16)14(19)10-20-13-4-2-12(15)3-5-13/h2-5H,6-10H2,1H3. The first-order valence-corrected chi connectivity index (χ1v) is 6.48.